The van der Waals surface area contributed by atoms with Crippen LogP contribution < -0.4 is 10.0 Å². The van der Waals surface area contributed by atoms with Crippen molar-refractivity contribution in [3.63, 3.8) is 0 Å². The van der Waals surface area contributed by atoms with E-state index in [0.29, 0.717) is 5.56 Å². The quantitative estimate of drug-likeness (QED) is 0.712. The molecule has 2 aromatic rings. The lowest BCUT2D eigenvalue weighted by atomic mass is 9.98. The number of rotatable bonds is 7. The summed E-state index contributed by atoms with van der Waals surface area (Å²) in [7, 11) is -3.69. The maximum atomic E-state index is 12.6. The van der Waals surface area contributed by atoms with Crippen LogP contribution in [0.25, 0.3) is 0 Å². The molecule has 0 aliphatic rings. The van der Waals surface area contributed by atoms with Gasteiger partial charge in [-0.1, -0.05) is 32.0 Å². The summed E-state index contributed by atoms with van der Waals surface area (Å²) in [4.78, 5) is 12.7. The van der Waals surface area contributed by atoms with E-state index in [1.807, 2.05) is 31.2 Å². The van der Waals surface area contributed by atoms with E-state index in [2.05, 4.69) is 23.9 Å². The fraction of sp³-hybridized carbons (Fsp3) is 0.300. The van der Waals surface area contributed by atoms with Crippen LogP contribution in [0.2, 0.25) is 0 Å². The predicted molar refractivity (Wildman–Crippen MR) is 105 cm³/mol. The molecule has 2 rings (SSSR count). The molecule has 1 amide bonds. The number of nitriles is 1. The first-order chi connectivity index (χ1) is 12.8. The number of carbonyl (C=O) groups is 1. The largest absolute Gasteiger partial charge is 0.321 e. The van der Waals surface area contributed by atoms with Crippen LogP contribution >= 0.6 is 0 Å². The second-order valence-corrected chi connectivity index (χ2v) is 8.25. The Morgan fingerprint density at radius 2 is 1.81 bits per heavy atom. The Labute approximate surface area is 160 Å². The van der Waals surface area contributed by atoms with Crippen molar-refractivity contribution in [2.45, 2.75) is 38.0 Å². The normalized spacial score (nSPS) is 11.2. The molecule has 27 heavy (non-hydrogen) atoms. The maximum absolute atomic E-state index is 12.6. The number of hydrogen-bond donors (Lipinski definition) is 2. The fourth-order valence-electron chi connectivity index (χ4n) is 2.64. The van der Waals surface area contributed by atoms with Crippen molar-refractivity contribution in [3.8, 4) is 6.07 Å². The van der Waals surface area contributed by atoms with E-state index in [1.165, 1.54) is 24.3 Å². The summed E-state index contributed by atoms with van der Waals surface area (Å²) in [5.41, 5.74) is 3.16. The van der Waals surface area contributed by atoms with Gasteiger partial charge in [0.05, 0.1) is 11.0 Å². The molecule has 0 fully saturated rings. The summed E-state index contributed by atoms with van der Waals surface area (Å²) in [5, 5.41) is 11.4. The van der Waals surface area contributed by atoms with Gasteiger partial charge in [-0.2, -0.15) is 5.26 Å². The van der Waals surface area contributed by atoms with E-state index in [1.54, 1.807) is 0 Å². The number of anilines is 1. The van der Waals surface area contributed by atoms with Crippen LogP contribution in [0.5, 0.6) is 0 Å². The SMILES string of the molecule is Cc1cccc(C(C)C)c1NC(=O)c1ccc(S(=O)(=O)NCCC#N)cc1. The number of amides is 1. The zero-order valence-corrected chi connectivity index (χ0v) is 16.4. The lowest BCUT2D eigenvalue weighted by Gasteiger charge is -2.16. The van der Waals surface area contributed by atoms with Gasteiger partial charge in [0.2, 0.25) is 10.0 Å². The number of sulfonamides is 1. The van der Waals surface area contributed by atoms with Crippen molar-refractivity contribution < 1.29 is 13.2 Å². The molecule has 0 aromatic heterocycles. The van der Waals surface area contributed by atoms with Crippen molar-refractivity contribution in [1.82, 2.24) is 4.72 Å². The Morgan fingerprint density at radius 1 is 1.15 bits per heavy atom. The molecule has 0 aliphatic heterocycles. The van der Waals surface area contributed by atoms with Crippen molar-refractivity contribution in [2.24, 2.45) is 0 Å². The molecule has 0 spiro atoms. The standard InChI is InChI=1S/C20H23N3O3S/c1-14(2)18-7-4-6-15(3)19(18)23-20(24)16-8-10-17(11-9-16)27(25,26)22-13-5-12-21/h4,6-11,14,22H,5,13H2,1-3H3,(H,23,24). The molecule has 142 valence electrons. The minimum Gasteiger partial charge on any atom is -0.321 e. The van der Waals surface area contributed by atoms with Crippen LogP contribution in [0.3, 0.4) is 0 Å². The Morgan fingerprint density at radius 3 is 2.41 bits per heavy atom. The minimum atomic E-state index is -3.69. The number of para-hydroxylation sites is 1. The third kappa shape index (κ3) is 5.16. The lowest BCUT2D eigenvalue weighted by molar-refractivity contribution is 0.102. The summed E-state index contributed by atoms with van der Waals surface area (Å²) >= 11 is 0. The van der Waals surface area contributed by atoms with Gasteiger partial charge in [0.1, 0.15) is 0 Å². The third-order valence-corrected chi connectivity index (χ3v) is 5.60. The van der Waals surface area contributed by atoms with Crippen LogP contribution in [0.4, 0.5) is 5.69 Å². The van der Waals surface area contributed by atoms with E-state index in [-0.39, 0.29) is 29.7 Å². The van der Waals surface area contributed by atoms with Crippen LogP contribution in [0.15, 0.2) is 47.4 Å². The van der Waals surface area contributed by atoms with E-state index in [0.717, 1.165) is 16.8 Å². The van der Waals surface area contributed by atoms with Crippen molar-refractivity contribution in [3.05, 3.63) is 59.2 Å². The van der Waals surface area contributed by atoms with Crippen LogP contribution in [-0.2, 0) is 10.0 Å². The van der Waals surface area contributed by atoms with Gasteiger partial charge in [0.15, 0.2) is 0 Å². The highest BCUT2D eigenvalue weighted by atomic mass is 32.2. The van der Waals surface area contributed by atoms with Gasteiger partial charge in [-0.25, -0.2) is 13.1 Å². The summed E-state index contributed by atoms with van der Waals surface area (Å²) < 4.78 is 26.6. The van der Waals surface area contributed by atoms with Gasteiger partial charge in [0, 0.05) is 24.2 Å². The van der Waals surface area contributed by atoms with E-state index >= 15 is 0 Å². The number of nitrogens with one attached hydrogen (secondary N) is 2. The third-order valence-electron chi connectivity index (χ3n) is 4.12. The van der Waals surface area contributed by atoms with Gasteiger partial charge in [0.25, 0.3) is 5.91 Å². The average Bonchev–Trinajstić information content (AvgIpc) is 2.63. The van der Waals surface area contributed by atoms with E-state index in [9.17, 15) is 13.2 Å². The van der Waals surface area contributed by atoms with Crippen molar-refractivity contribution in [1.29, 1.82) is 5.26 Å². The number of benzene rings is 2. The first-order valence-electron chi connectivity index (χ1n) is 8.64. The summed E-state index contributed by atoms with van der Waals surface area (Å²) in [6.07, 6.45) is 0.0916. The number of aryl methyl sites for hydroxylation is 1. The minimum absolute atomic E-state index is 0.0480. The summed E-state index contributed by atoms with van der Waals surface area (Å²) in [5.74, 6) is -0.0419. The van der Waals surface area contributed by atoms with Gasteiger partial charge in [-0.3, -0.25) is 4.79 Å². The maximum Gasteiger partial charge on any atom is 0.255 e. The molecule has 2 aromatic carbocycles. The lowest BCUT2D eigenvalue weighted by Crippen LogP contribution is -2.24. The van der Waals surface area contributed by atoms with Crippen LogP contribution in [0, 0.1) is 18.3 Å². The molecule has 0 bridgehead atoms. The predicted octanol–water partition coefficient (Wildman–Crippen LogP) is 3.56. The highest BCUT2D eigenvalue weighted by molar-refractivity contribution is 7.89. The van der Waals surface area contributed by atoms with E-state index < -0.39 is 10.0 Å². The molecular formula is C20H23N3O3S. The molecule has 0 aliphatic carbocycles. The van der Waals surface area contributed by atoms with Crippen molar-refractivity contribution in [2.75, 3.05) is 11.9 Å². The Balaban J connectivity index is 2.19. The zero-order valence-electron chi connectivity index (χ0n) is 15.6. The van der Waals surface area contributed by atoms with Gasteiger partial charge < -0.3 is 5.32 Å². The number of hydrogen-bond acceptors (Lipinski definition) is 4. The molecule has 6 nitrogen and oxygen atoms in total. The smallest absolute Gasteiger partial charge is 0.255 e. The first-order valence-corrected chi connectivity index (χ1v) is 10.1. The fourth-order valence-corrected chi connectivity index (χ4v) is 3.67. The second kappa shape index (κ2) is 8.80. The molecule has 0 radical (unpaired) electrons. The van der Waals surface area contributed by atoms with Gasteiger partial charge in [-0.15, -0.1) is 0 Å². The molecule has 0 saturated heterocycles. The number of carbonyl (C=O) groups excluding carboxylic acids is 1. The second-order valence-electron chi connectivity index (χ2n) is 6.48. The molecular weight excluding hydrogens is 362 g/mol. The molecule has 2 N–H and O–H groups in total. The van der Waals surface area contributed by atoms with Crippen LogP contribution in [0.1, 0.15) is 47.7 Å². The van der Waals surface area contributed by atoms with Gasteiger partial charge >= 0.3 is 0 Å². The van der Waals surface area contributed by atoms with Crippen LogP contribution in [-0.4, -0.2) is 20.9 Å². The monoisotopic (exact) mass is 385 g/mol. The Hall–Kier alpha value is -2.69. The molecule has 0 heterocycles. The summed E-state index contributed by atoms with van der Waals surface area (Å²) in [6, 6.07) is 13.5. The Kier molecular flexibility index (Phi) is 6.72. The highest BCUT2D eigenvalue weighted by Crippen LogP contribution is 2.28. The first kappa shape index (κ1) is 20.6. The summed E-state index contributed by atoms with van der Waals surface area (Å²) in [6.45, 7) is 6.10. The Bertz CT molecular complexity index is 959. The zero-order chi connectivity index (χ0) is 20.0. The molecule has 7 heteroatoms. The van der Waals surface area contributed by atoms with Crippen molar-refractivity contribution >= 4 is 21.6 Å². The van der Waals surface area contributed by atoms with E-state index in [4.69, 9.17) is 5.26 Å². The van der Waals surface area contributed by atoms with Gasteiger partial charge in [-0.05, 0) is 48.2 Å². The number of nitrogens with zero attached hydrogens (tertiary/aromatic N) is 1. The molecule has 0 saturated carbocycles. The topological polar surface area (TPSA) is 99.1 Å². The molecule has 0 unspecified atom stereocenters. The average molecular weight is 385 g/mol. The molecule has 0 atom stereocenters. The highest BCUT2D eigenvalue weighted by Gasteiger charge is 2.16.